The number of aliphatic hydroxyl groups is 1. The van der Waals surface area contributed by atoms with Crippen LogP contribution in [0, 0.1) is 5.92 Å². The standard InChI is InChI=1S/C22H24N6O2/c1-13(15-3-8-18(30)9-4-15)24-22-26-20(25-16-5-6-16)19-21(27-22)28(12-23-19)17-7-2-14(10-17)11-29/h2-4,7-9,12,14,16-17,29-30H,5-6,10-11H2,1H3,(H,25,26,27)/b24-13+/t14-,17+/m1/s1. The number of benzene rings is 1. The molecular weight excluding hydrogens is 380 g/mol. The highest BCUT2D eigenvalue weighted by atomic mass is 16.3. The van der Waals surface area contributed by atoms with Crippen LogP contribution < -0.4 is 5.32 Å². The maximum absolute atomic E-state index is 9.52. The van der Waals surface area contributed by atoms with Crippen LogP contribution in [0.25, 0.3) is 11.2 Å². The lowest BCUT2D eigenvalue weighted by Crippen LogP contribution is -2.09. The molecule has 2 heterocycles. The van der Waals surface area contributed by atoms with Crippen LogP contribution in [0.15, 0.2) is 47.7 Å². The van der Waals surface area contributed by atoms with Crippen molar-refractivity contribution in [1.29, 1.82) is 0 Å². The third kappa shape index (κ3) is 3.66. The molecule has 1 saturated carbocycles. The number of allylic oxidation sites excluding steroid dienone is 1. The van der Waals surface area contributed by atoms with Crippen molar-refractivity contribution in [2.45, 2.75) is 38.3 Å². The molecule has 0 spiro atoms. The molecule has 0 aliphatic heterocycles. The molecule has 0 radical (unpaired) electrons. The van der Waals surface area contributed by atoms with Crippen LogP contribution in [0.1, 0.15) is 37.8 Å². The first-order valence-corrected chi connectivity index (χ1v) is 10.3. The van der Waals surface area contributed by atoms with Gasteiger partial charge in [-0.3, -0.25) is 0 Å². The second-order valence-corrected chi connectivity index (χ2v) is 7.99. The molecule has 1 aromatic carbocycles. The van der Waals surface area contributed by atoms with Gasteiger partial charge in [-0.25, -0.2) is 9.98 Å². The number of aromatic nitrogens is 4. The molecule has 0 bridgehead atoms. The Labute approximate surface area is 174 Å². The Kier molecular flexibility index (Phi) is 4.71. The Balaban J connectivity index is 1.56. The van der Waals surface area contributed by atoms with E-state index >= 15 is 0 Å². The average Bonchev–Trinajstić information content (AvgIpc) is 3.25. The maximum Gasteiger partial charge on any atom is 0.253 e. The molecule has 2 atom stereocenters. The molecule has 0 saturated heterocycles. The van der Waals surface area contributed by atoms with Crippen molar-refractivity contribution in [1.82, 2.24) is 19.5 Å². The number of fused-ring (bicyclic) bond motifs is 1. The van der Waals surface area contributed by atoms with Crippen molar-refractivity contribution >= 4 is 28.6 Å². The van der Waals surface area contributed by atoms with Crippen LogP contribution in [0.3, 0.4) is 0 Å². The highest BCUT2D eigenvalue weighted by Gasteiger charge is 2.26. The molecule has 3 N–H and O–H groups in total. The summed E-state index contributed by atoms with van der Waals surface area (Å²) >= 11 is 0. The summed E-state index contributed by atoms with van der Waals surface area (Å²) in [4.78, 5) is 18.6. The van der Waals surface area contributed by atoms with E-state index in [0.717, 1.165) is 41.7 Å². The van der Waals surface area contributed by atoms with Crippen LogP contribution >= 0.6 is 0 Å². The van der Waals surface area contributed by atoms with Crippen molar-refractivity contribution in [2.75, 3.05) is 11.9 Å². The largest absolute Gasteiger partial charge is 0.508 e. The minimum Gasteiger partial charge on any atom is -0.508 e. The van der Waals surface area contributed by atoms with Gasteiger partial charge in [0.25, 0.3) is 5.95 Å². The van der Waals surface area contributed by atoms with E-state index in [1.54, 1.807) is 18.5 Å². The number of aliphatic hydroxyl groups excluding tert-OH is 1. The predicted molar refractivity (Wildman–Crippen MR) is 115 cm³/mol. The van der Waals surface area contributed by atoms with Gasteiger partial charge < -0.3 is 20.1 Å². The molecule has 0 amide bonds. The van der Waals surface area contributed by atoms with Crippen molar-refractivity contribution in [2.24, 2.45) is 10.9 Å². The Morgan fingerprint density at radius 1 is 1.20 bits per heavy atom. The number of imidazole rings is 1. The Bertz CT molecular complexity index is 1130. The number of aliphatic imine (C=N–C) groups is 1. The molecule has 3 aromatic rings. The number of rotatable bonds is 6. The summed E-state index contributed by atoms with van der Waals surface area (Å²) in [5, 5.41) is 22.4. The molecule has 2 aliphatic carbocycles. The Morgan fingerprint density at radius 2 is 2.00 bits per heavy atom. The zero-order valence-electron chi connectivity index (χ0n) is 16.7. The summed E-state index contributed by atoms with van der Waals surface area (Å²) in [5.74, 6) is 1.46. The molecule has 0 unspecified atom stereocenters. The summed E-state index contributed by atoms with van der Waals surface area (Å²) < 4.78 is 2.04. The monoisotopic (exact) mass is 404 g/mol. The van der Waals surface area contributed by atoms with Crippen LogP contribution in [-0.4, -0.2) is 48.1 Å². The zero-order chi connectivity index (χ0) is 20.7. The van der Waals surface area contributed by atoms with Crippen molar-refractivity contribution < 1.29 is 10.2 Å². The smallest absolute Gasteiger partial charge is 0.253 e. The number of aromatic hydroxyl groups is 1. The number of hydrogen-bond donors (Lipinski definition) is 3. The van der Waals surface area contributed by atoms with E-state index in [4.69, 9.17) is 4.98 Å². The van der Waals surface area contributed by atoms with E-state index in [1.807, 2.05) is 23.6 Å². The first-order valence-electron chi connectivity index (χ1n) is 10.3. The number of phenolic OH excluding ortho intramolecular Hbond substituents is 1. The lowest BCUT2D eigenvalue weighted by molar-refractivity contribution is 0.244. The van der Waals surface area contributed by atoms with Crippen LogP contribution in [0.5, 0.6) is 5.75 Å². The van der Waals surface area contributed by atoms with Gasteiger partial charge in [-0.15, -0.1) is 0 Å². The summed E-state index contributed by atoms with van der Waals surface area (Å²) in [6.07, 6.45) is 9.02. The molecule has 2 aliphatic rings. The molecule has 5 rings (SSSR count). The summed E-state index contributed by atoms with van der Waals surface area (Å²) in [6.45, 7) is 2.04. The molecule has 8 nitrogen and oxygen atoms in total. The van der Waals surface area contributed by atoms with Crippen LogP contribution in [-0.2, 0) is 0 Å². The van der Waals surface area contributed by atoms with E-state index in [2.05, 4.69) is 32.4 Å². The molecule has 1 fully saturated rings. The second-order valence-electron chi connectivity index (χ2n) is 7.99. The Morgan fingerprint density at radius 3 is 2.70 bits per heavy atom. The summed E-state index contributed by atoms with van der Waals surface area (Å²) in [7, 11) is 0. The number of anilines is 1. The molecule has 8 heteroatoms. The first kappa shape index (κ1) is 18.7. The van der Waals surface area contributed by atoms with E-state index in [-0.39, 0.29) is 24.3 Å². The van der Waals surface area contributed by atoms with Gasteiger partial charge in [0.05, 0.1) is 12.4 Å². The fraction of sp³-hybridized carbons (Fsp3) is 0.364. The maximum atomic E-state index is 9.52. The Hall–Kier alpha value is -3.26. The van der Waals surface area contributed by atoms with E-state index in [0.29, 0.717) is 17.8 Å². The van der Waals surface area contributed by atoms with Crippen molar-refractivity contribution in [3.8, 4) is 5.75 Å². The number of phenols is 1. The van der Waals surface area contributed by atoms with Gasteiger partial charge in [0, 0.05) is 24.3 Å². The zero-order valence-corrected chi connectivity index (χ0v) is 16.7. The van der Waals surface area contributed by atoms with E-state index < -0.39 is 0 Å². The highest BCUT2D eigenvalue weighted by molar-refractivity contribution is 6.00. The van der Waals surface area contributed by atoms with Gasteiger partial charge >= 0.3 is 0 Å². The van der Waals surface area contributed by atoms with E-state index in [9.17, 15) is 10.2 Å². The second kappa shape index (κ2) is 7.53. The minimum absolute atomic E-state index is 0.103. The normalized spacial score (nSPS) is 21.5. The van der Waals surface area contributed by atoms with Gasteiger partial charge in [0.15, 0.2) is 17.0 Å². The van der Waals surface area contributed by atoms with Gasteiger partial charge in [-0.1, -0.05) is 12.2 Å². The average molecular weight is 404 g/mol. The predicted octanol–water partition coefficient (Wildman–Crippen LogP) is 3.36. The molecule has 30 heavy (non-hydrogen) atoms. The van der Waals surface area contributed by atoms with Gasteiger partial charge in [0.2, 0.25) is 0 Å². The summed E-state index contributed by atoms with van der Waals surface area (Å²) in [6, 6.07) is 7.44. The van der Waals surface area contributed by atoms with Gasteiger partial charge in [-0.05, 0) is 56.0 Å². The first-order chi connectivity index (χ1) is 14.6. The van der Waals surface area contributed by atoms with Crippen molar-refractivity contribution in [3.05, 3.63) is 48.3 Å². The number of nitrogens with zero attached hydrogens (tertiary/aromatic N) is 5. The summed E-state index contributed by atoms with van der Waals surface area (Å²) in [5.41, 5.74) is 3.13. The minimum atomic E-state index is 0.103. The van der Waals surface area contributed by atoms with Gasteiger partial charge in [0.1, 0.15) is 5.75 Å². The third-order valence-corrected chi connectivity index (χ3v) is 5.62. The molecule has 2 aromatic heterocycles. The lowest BCUT2D eigenvalue weighted by atomic mass is 10.1. The molecular formula is C22H24N6O2. The molecule has 154 valence electrons. The van der Waals surface area contributed by atoms with Crippen molar-refractivity contribution in [3.63, 3.8) is 0 Å². The number of hydrogen-bond acceptors (Lipinski definition) is 7. The number of nitrogens with one attached hydrogen (secondary N) is 1. The van der Waals surface area contributed by atoms with Crippen LogP contribution in [0.4, 0.5) is 11.8 Å². The van der Waals surface area contributed by atoms with Crippen LogP contribution in [0.2, 0.25) is 0 Å². The lowest BCUT2D eigenvalue weighted by Gasteiger charge is -2.13. The SMILES string of the molecule is C/C(=N\c1nc(NC2CC2)c2ncn([C@H]3C=C[C@@H](CO)C3)c2n1)c1ccc(O)cc1. The topological polar surface area (TPSA) is 108 Å². The fourth-order valence-electron chi connectivity index (χ4n) is 3.73. The third-order valence-electron chi connectivity index (χ3n) is 5.62. The quantitative estimate of drug-likeness (QED) is 0.429. The highest BCUT2D eigenvalue weighted by Crippen LogP contribution is 2.33. The van der Waals surface area contributed by atoms with Gasteiger partial charge in [-0.2, -0.15) is 9.97 Å². The van der Waals surface area contributed by atoms with E-state index in [1.165, 1.54) is 0 Å². The fourth-order valence-corrected chi connectivity index (χ4v) is 3.73.